The topological polar surface area (TPSA) is 121 Å². The van der Waals surface area contributed by atoms with Crippen LogP contribution in [0.1, 0.15) is 59.1 Å². The second kappa shape index (κ2) is 10.6. The van der Waals surface area contributed by atoms with Crippen molar-refractivity contribution in [3.63, 3.8) is 0 Å². The first-order valence-electron chi connectivity index (χ1n) is 15.1. The first-order valence-corrected chi connectivity index (χ1v) is 15.9. The molecule has 1 saturated carbocycles. The number of aromatic nitrogens is 6. The summed E-state index contributed by atoms with van der Waals surface area (Å²) in [6, 6.07) is 3.53. The normalized spacial score (nSPS) is 23.7. The molecule has 7 rings (SSSR count). The maximum atomic E-state index is 14.3. The lowest BCUT2D eigenvalue weighted by molar-refractivity contribution is -0.0368. The first kappa shape index (κ1) is 29.4. The Morgan fingerprint density at radius 3 is 2.61 bits per heavy atom. The molecule has 1 aliphatic carbocycles. The number of hydrogen-bond donors (Lipinski definition) is 1. The van der Waals surface area contributed by atoms with E-state index in [1.807, 2.05) is 32.9 Å². The van der Waals surface area contributed by atoms with E-state index in [1.165, 1.54) is 0 Å². The van der Waals surface area contributed by atoms with Crippen LogP contribution in [0, 0.1) is 5.92 Å². The zero-order valence-corrected chi connectivity index (χ0v) is 26.9. The van der Waals surface area contributed by atoms with Gasteiger partial charge in [-0.2, -0.15) is 15.2 Å². The van der Waals surface area contributed by atoms with Gasteiger partial charge in [-0.3, -0.25) is 14.0 Å². The fraction of sp³-hybridized carbons (Fsp3) is 0.567. The standard InChI is InChI=1S/C30H36Cl2N8O4/c1-30(2,3)44-29(42)33-23-15-9-12-18(23)39(14-15)28-34-26-21(27(41)37(28)4)24(36-40(26)19-8-6-7-13-43-19)16-10-11-17-20(22(16)31)25(32)38(5)35-17/h10-11,15,18-19,23H,6-9,12-14H2,1-5H3,(H,33,42)/t15-,18-,19?,23-/m0/s1. The number of amides is 1. The predicted molar refractivity (Wildman–Crippen MR) is 168 cm³/mol. The number of piperidine rings is 1. The first-order chi connectivity index (χ1) is 20.9. The van der Waals surface area contributed by atoms with Crippen molar-refractivity contribution in [3.8, 4) is 11.3 Å². The quantitative estimate of drug-likeness (QED) is 0.323. The Balaban J connectivity index is 1.35. The number of hydrogen-bond acceptors (Lipinski definition) is 8. The number of anilines is 1. The van der Waals surface area contributed by atoms with Crippen LogP contribution in [-0.2, 0) is 23.6 Å². The molecule has 3 aliphatic rings. The van der Waals surface area contributed by atoms with Crippen LogP contribution in [0.25, 0.3) is 33.2 Å². The van der Waals surface area contributed by atoms with E-state index in [2.05, 4.69) is 15.3 Å². The maximum Gasteiger partial charge on any atom is 0.407 e. The minimum Gasteiger partial charge on any atom is -0.444 e. The Bertz CT molecular complexity index is 1850. The van der Waals surface area contributed by atoms with Gasteiger partial charge in [0.2, 0.25) is 5.95 Å². The van der Waals surface area contributed by atoms with Gasteiger partial charge < -0.3 is 19.7 Å². The number of carbonyl (C=O) groups is 1. The lowest BCUT2D eigenvalue weighted by Crippen LogP contribution is -2.46. The Kier molecular flexibility index (Phi) is 7.09. The largest absolute Gasteiger partial charge is 0.444 e. The molecule has 1 amide bonds. The number of fused-ring (bicyclic) bond motifs is 4. The molecule has 12 nitrogen and oxygen atoms in total. The van der Waals surface area contributed by atoms with E-state index < -0.39 is 11.7 Å². The van der Waals surface area contributed by atoms with Crippen LogP contribution in [0.4, 0.5) is 10.7 Å². The van der Waals surface area contributed by atoms with Crippen molar-refractivity contribution in [2.75, 3.05) is 18.1 Å². The van der Waals surface area contributed by atoms with E-state index in [-0.39, 0.29) is 29.8 Å². The third kappa shape index (κ3) is 4.73. The van der Waals surface area contributed by atoms with Gasteiger partial charge in [-0.05, 0) is 70.9 Å². The van der Waals surface area contributed by atoms with Crippen LogP contribution in [0.5, 0.6) is 0 Å². The highest BCUT2D eigenvalue weighted by Gasteiger charge is 2.49. The number of halogens is 2. The van der Waals surface area contributed by atoms with Crippen molar-refractivity contribution in [2.45, 2.75) is 76.8 Å². The van der Waals surface area contributed by atoms with E-state index in [9.17, 15) is 9.59 Å². The van der Waals surface area contributed by atoms with Gasteiger partial charge in [-0.15, -0.1) is 0 Å². The number of aryl methyl sites for hydroxylation is 1. The van der Waals surface area contributed by atoms with Crippen molar-refractivity contribution in [2.24, 2.45) is 20.0 Å². The number of nitrogens with one attached hydrogen (secondary N) is 1. The number of benzene rings is 1. The van der Waals surface area contributed by atoms with E-state index in [0.29, 0.717) is 62.5 Å². The molecule has 0 spiro atoms. The van der Waals surface area contributed by atoms with E-state index >= 15 is 0 Å². The van der Waals surface area contributed by atoms with Crippen molar-refractivity contribution in [1.82, 2.24) is 34.4 Å². The maximum absolute atomic E-state index is 14.3. The molecule has 2 saturated heterocycles. The molecule has 5 heterocycles. The van der Waals surface area contributed by atoms with Gasteiger partial charge in [0, 0.05) is 32.8 Å². The van der Waals surface area contributed by atoms with Crippen molar-refractivity contribution >= 4 is 57.2 Å². The van der Waals surface area contributed by atoms with E-state index in [4.69, 9.17) is 42.8 Å². The molecule has 1 aromatic carbocycles. The van der Waals surface area contributed by atoms with Gasteiger partial charge in [0.05, 0.1) is 28.0 Å². The second-order valence-corrected chi connectivity index (χ2v) is 13.8. The molecular formula is C30H36Cl2N8O4. The van der Waals surface area contributed by atoms with Crippen LogP contribution in [-0.4, -0.2) is 66.0 Å². The van der Waals surface area contributed by atoms with Crippen LogP contribution in [0.3, 0.4) is 0 Å². The zero-order valence-electron chi connectivity index (χ0n) is 25.4. The number of nitrogens with zero attached hydrogens (tertiary/aromatic N) is 7. The molecule has 3 fully saturated rings. The molecule has 44 heavy (non-hydrogen) atoms. The summed E-state index contributed by atoms with van der Waals surface area (Å²) in [5.74, 6) is 0.753. The minimum atomic E-state index is -0.592. The molecule has 4 atom stereocenters. The Morgan fingerprint density at radius 2 is 1.89 bits per heavy atom. The van der Waals surface area contributed by atoms with Crippen LogP contribution in [0.2, 0.25) is 10.2 Å². The molecule has 4 aromatic rings. The van der Waals surface area contributed by atoms with Gasteiger partial charge in [0.25, 0.3) is 5.56 Å². The van der Waals surface area contributed by atoms with Gasteiger partial charge in [0.15, 0.2) is 11.9 Å². The monoisotopic (exact) mass is 642 g/mol. The highest BCUT2D eigenvalue weighted by atomic mass is 35.5. The molecule has 1 N–H and O–H groups in total. The zero-order chi connectivity index (χ0) is 31.1. The molecule has 0 radical (unpaired) electrons. The van der Waals surface area contributed by atoms with Crippen LogP contribution >= 0.6 is 23.2 Å². The summed E-state index contributed by atoms with van der Waals surface area (Å²) in [5, 5.41) is 14.2. The van der Waals surface area contributed by atoms with Gasteiger partial charge in [-0.25, -0.2) is 9.48 Å². The molecule has 234 valence electrons. The summed E-state index contributed by atoms with van der Waals surface area (Å²) in [7, 11) is 3.48. The minimum absolute atomic E-state index is 0.0191. The van der Waals surface area contributed by atoms with Crippen LogP contribution in [0.15, 0.2) is 16.9 Å². The summed E-state index contributed by atoms with van der Waals surface area (Å²) in [6.45, 7) is 6.81. The summed E-state index contributed by atoms with van der Waals surface area (Å²) in [4.78, 5) is 34.2. The fourth-order valence-electron chi connectivity index (χ4n) is 7.00. The fourth-order valence-corrected chi connectivity index (χ4v) is 7.62. The Labute approximate surface area is 264 Å². The third-order valence-electron chi connectivity index (χ3n) is 8.99. The Morgan fingerprint density at radius 1 is 1.09 bits per heavy atom. The van der Waals surface area contributed by atoms with Gasteiger partial charge in [0.1, 0.15) is 21.8 Å². The Hall–Kier alpha value is -3.35. The van der Waals surface area contributed by atoms with Gasteiger partial charge >= 0.3 is 6.09 Å². The lowest BCUT2D eigenvalue weighted by atomic mass is 10.1. The second-order valence-electron chi connectivity index (χ2n) is 13.1. The average Bonchev–Trinajstić information content (AvgIpc) is 3.71. The highest BCUT2D eigenvalue weighted by molar-refractivity contribution is 6.43. The summed E-state index contributed by atoms with van der Waals surface area (Å²) >= 11 is 13.5. The van der Waals surface area contributed by atoms with E-state index in [1.54, 1.807) is 28.0 Å². The number of alkyl carbamates (subject to hydrolysis) is 1. The lowest BCUT2D eigenvalue weighted by Gasteiger charge is -2.30. The molecule has 3 aromatic heterocycles. The van der Waals surface area contributed by atoms with Crippen molar-refractivity contribution < 1.29 is 14.3 Å². The summed E-state index contributed by atoms with van der Waals surface area (Å²) in [5.41, 5.74) is 1.26. The summed E-state index contributed by atoms with van der Waals surface area (Å²) < 4.78 is 16.6. The molecule has 2 aliphatic heterocycles. The molecule has 14 heteroatoms. The smallest absolute Gasteiger partial charge is 0.407 e. The average molecular weight is 644 g/mol. The SMILES string of the molecule is Cn1nc2ccc(-c3nn(C4CCCCO4)c4nc(N5C[C@@H]6CC[C@H]5[C@H]6NC(=O)OC(C)(C)C)n(C)c(=O)c34)c(Cl)c2c1Cl. The number of carbonyl (C=O) groups excluding carboxylic acids is 1. The van der Waals surface area contributed by atoms with Gasteiger partial charge in [-0.1, -0.05) is 23.2 Å². The molecule has 1 unspecified atom stereocenters. The predicted octanol–water partition coefficient (Wildman–Crippen LogP) is 5.18. The number of ether oxygens (including phenoxy) is 2. The third-order valence-corrected chi connectivity index (χ3v) is 9.81. The summed E-state index contributed by atoms with van der Waals surface area (Å²) in [6.07, 6.45) is 3.75. The van der Waals surface area contributed by atoms with E-state index in [0.717, 1.165) is 32.1 Å². The van der Waals surface area contributed by atoms with Crippen LogP contribution < -0.4 is 15.8 Å². The highest BCUT2D eigenvalue weighted by Crippen LogP contribution is 2.42. The van der Waals surface area contributed by atoms with Crippen molar-refractivity contribution in [1.29, 1.82) is 0 Å². The molecular weight excluding hydrogens is 607 g/mol. The molecule has 2 bridgehead atoms. The number of rotatable bonds is 4. The van der Waals surface area contributed by atoms with Crippen molar-refractivity contribution in [3.05, 3.63) is 32.7 Å².